The molecular formula is C16H18N4O. The maximum Gasteiger partial charge on any atom is 0.268 e. The highest BCUT2D eigenvalue weighted by molar-refractivity contribution is 5.93. The SMILES string of the molecule is CCn1cccc1C(=O)NC(C)c1nc2ccccc2[nH]1. The lowest BCUT2D eigenvalue weighted by molar-refractivity contribution is 0.0929. The summed E-state index contributed by atoms with van der Waals surface area (Å²) >= 11 is 0. The molecule has 1 amide bonds. The summed E-state index contributed by atoms with van der Waals surface area (Å²) in [5.41, 5.74) is 2.55. The minimum absolute atomic E-state index is 0.0881. The number of amides is 1. The van der Waals surface area contributed by atoms with E-state index in [-0.39, 0.29) is 11.9 Å². The Morgan fingerprint density at radius 1 is 1.33 bits per heavy atom. The van der Waals surface area contributed by atoms with Crippen molar-refractivity contribution in [3.05, 3.63) is 54.1 Å². The Bertz CT molecular complexity index is 738. The first-order valence-electron chi connectivity index (χ1n) is 7.09. The molecule has 1 aromatic carbocycles. The summed E-state index contributed by atoms with van der Waals surface area (Å²) in [7, 11) is 0. The number of aromatic nitrogens is 3. The van der Waals surface area contributed by atoms with Gasteiger partial charge in [-0.25, -0.2) is 4.98 Å². The molecule has 0 aliphatic heterocycles. The molecule has 3 aromatic rings. The second-order valence-electron chi connectivity index (χ2n) is 5.01. The van der Waals surface area contributed by atoms with Gasteiger partial charge in [-0.05, 0) is 38.1 Å². The number of imidazole rings is 1. The molecule has 0 spiro atoms. The van der Waals surface area contributed by atoms with E-state index in [0.717, 1.165) is 23.4 Å². The smallest absolute Gasteiger partial charge is 0.268 e. The summed E-state index contributed by atoms with van der Waals surface area (Å²) in [6, 6.07) is 11.4. The van der Waals surface area contributed by atoms with Gasteiger partial charge in [0.05, 0.1) is 17.1 Å². The number of aromatic amines is 1. The third-order valence-electron chi connectivity index (χ3n) is 3.57. The molecule has 2 aromatic heterocycles. The summed E-state index contributed by atoms with van der Waals surface area (Å²) in [6.45, 7) is 4.71. The number of carbonyl (C=O) groups excluding carboxylic acids is 1. The molecule has 1 unspecified atom stereocenters. The van der Waals surface area contributed by atoms with Crippen molar-refractivity contribution in [2.24, 2.45) is 0 Å². The van der Waals surface area contributed by atoms with Crippen molar-refractivity contribution >= 4 is 16.9 Å². The molecule has 0 saturated heterocycles. The van der Waals surface area contributed by atoms with Crippen molar-refractivity contribution in [1.29, 1.82) is 0 Å². The fourth-order valence-electron chi connectivity index (χ4n) is 2.41. The lowest BCUT2D eigenvalue weighted by atomic mass is 10.3. The molecule has 0 aliphatic rings. The molecule has 108 valence electrons. The van der Waals surface area contributed by atoms with Crippen molar-refractivity contribution in [1.82, 2.24) is 19.9 Å². The molecule has 5 heteroatoms. The zero-order chi connectivity index (χ0) is 14.8. The third kappa shape index (κ3) is 2.54. The minimum Gasteiger partial charge on any atom is -0.344 e. The highest BCUT2D eigenvalue weighted by Crippen LogP contribution is 2.16. The maximum atomic E-state index is 12.3. The largest absolute Gasteiger partial charge is 0.344 e. The van der Waals surface area contributed by atoms with Crippen molar-refractivity contribution in [2.45, 2.75) is 26.4 Å². The first kappa shape index (κ1) is 13.4. The van der Waals surface area contributed by atoms with Gasteiger partial charge in [0.25, 0.3) is 5.91 Å². The number of rotatable bonds is 4. The first-order chi connectivity index (χ1) is 10.2. The lowest BCUT2D eigenvalue weighted by Crippen LogP contribution is -2.29. The van der Waals surface area contributed by atoms with Gasteiger partial charge in [0.1, 0.15) is 11.5 Å². The van der Waals surface area contributed by atoms with E-state index in [1.54, 1.807) is 0 Å². The number of hydrogen-bond donors (Lipinski definition) is 2. The molecule has 0 fully saturated rings. The topological polar surface area (TPSA) is 62.7 Å². The minimum atomic E-state index is -0.176. The van der Waals surface area contributed by atoms with Crippen LogP contribution in [-0.4, -0.2) is 20.4 Å². The zero-order valence-corrected chi connectivity index (χ0v) is 12.1. The quantitative estimate of drug-likeness (QED) is 0.773. The van der Waals surface area contributed by atoms with Crippen LogP contribution in [0, 0.1) is 0 Å². The van der Waals surface area contributed by atoms with E-state index in [9.17, 15) is 4.79 Å². The van der Waals surface area contributed by atoms with Crippen LogP contribution in [0.15, 0.2) is 42.6 Å². The normalized spacial score (nSPS) is 12.5. The van der Waals surface area contributed by atoms with Gasteiger partial charge in [-0.2, -0.15) is 0 Å². The van der Waals surface area contributed by atoms with Crippen LogP contribution in [0.25, 0.3) is 11.0 Å². The van der Waals surface area contributed by atoms with E-state index in [4.69, 9.17) is 0 Å². The maximum absolute atomic E-state index is 12.3. The van der Waals surface area contributed by atoms with Crippen molar-refractivity contribution in [3.8, 4) is 0 Å². The molecule has 0 aliphatic carbocycles. The second kappa shape index (κ2) is 5.44. The fraction of sp³-hybridized carbons (Fsp3) is 0.250. The van der Waals surface area contributed by atoms with Crippen LogP contribution in [-0.2, 0) is 6.54 Å². The van der Waals surface area contributed by atoms with Gasteiger partial charge in [-0.15, -0.1) is 0 Å². The Hall–Kier alpha value is -2.56. The van der Waals surface area contributed by atoms with E-state index in [1.165, 1.54) is 0 Å². The lowest BCUT2D eigenvalue weighted by Gasteiger charge is -2.12. The van der Waals surface area contributed by atoms with Crippen LogP contribution in [0.1, 0.15) is 36.2 Å². The number of H-pyrrole nitrogens is 1. The van der Waals surface area contributed by atoms with Crippen LogP contribution >= 0.6 is 0 Å². The van der Waals surface area contributed by atoms with Crippen LogP contribution in [0.2, 0.25) is 0 Å². The molecule has 0 bridgehead atoms. The van der Waals surface area contributed by atoms with E-state index in [2.05, 4.69) is 15.3 Å². The number of aryl methyl sites for hydroxylation is 1. The van der Waals surface area contributed by atoms with Crippen LogP contribution in [0.4, 0.5) is 0 Å². The third-order valence-corrected chi connectivity index (χ3v) is 3.57. The Morgan fingerprint density at radius 2 is 2.14 bits per heavy atom. The van der Waals surface area contributed by atoms with Crippen LogP contribution in [0.3, 0.4) is 0 Å². The molecule has 0 radical (unpaired) electrons. The second-order valence-corrected chi connectivity index (χ2v) is 5.01. The highest BCUT2D eigenvalue weighted by atomic mass is 16.2. The number of nitrogens with one attached hydrogen (secondary N) is 2. The number of fused-ring (bicyclic) bond motifs is 1. The summed E-state index contributed by atoms with van der Waals surface area (Å²) in [4.78, 5) is 20.1. The Kier molecular flexibility index (Phi) is 3.48. The average molecular weight is 282 g/mol. The molecule has 1 atom stereocenters. The van der Waals surface area contributed by atoms with Crippen LogP contribution in [0.5, 0.6) is 0 Å². The molecule has 5 nitrogen and oxygen atoms in total. The fourth-order valence-corrected chi connectivity index (χ4v) is 2.41. The van der Waals surface area contributed by atoms with Gasteiger partial charge in [-0.1, -0.05) is 12.1 Å². The van der Waals surface area contributed by atoms with Gasteiger partial charge in [0.2, 0.25) is 0 Å². The summed E-state index contributed by atoms with van der Waals surface area (Å²) in [5.74, 6) is 0.675. The predicted molar refractivity (Wildman–Crippen MR) is 82.1 cm³/mol. The average Bonchev–Trinajstić information content (AvgIpc) is 3.13. The highest BCUT2D eigenvalue weighted by Gasteiger charge is 2.16. The van der Waals surface area contributed by atoms with Crippen LogP contribution < -0.4 is 5.32 Å². The van der Waals surface area contributed by atoms with Crippen molar-refractivity contribution < 1.29 is 4.79 Å². The molecule has 0 saturated carbocycles. The Balaban J connectivity index is 1.79. The molecule has 21 heavy (non-hydrogen) atoms. The van der Waals surface area contributed by atoms with E-state index < -0.39 is 0 Å². The summed E-state index contributed by atoms with van der Waals surface area (Å²) in [6.07, 6.45) is 1.90. The van der Waals surface area contributed by atoms with Gasteiger partial charge in [-0.3, -0.25) is 4.79 Å². The Morgan fingerprint density at radius 3 is 2.90 bits per heavy atom. The molecular weight excluding hydrogens is 264 g/mol. The van der Waals surface area contributed by atoms with Crippen molar-refractivity contribution in [3.63, 3.8) is 0 Å². The Labute approximate surface area is 123 Å². The predicted octanol–water partition coefficient (Wildman–Crippen LogP) is 2.88. The van der Waals surface area contributed by atoms with E-state index in [1.807, 2.05) is 61.0 Å². The van der Waals surface area contributed by atoms with E-state index in [0.29, 0.717) is 5.69 Å². The van der Waals surface area contributed by atoms with Gasteiger partial charge in [0, 0.05) is 12.7 Å². The van der Waals surface area contributed by atoms with Gasteiger partial charge < -0.3 is 14.9 Å². The first-order valence-corrected chi connectivity index (χ1v) is 7.09. The summed E-state index contributed by atoms with van der Waals surface area (Å²) in [5, 5.41) is 2.98. The summed E-state index contributed by atoms with van der Waals surface area (Å²) < 4.78 is 1.92. The van der Waals surface area contributed by atoms with E-state index >= 15 is 0 Å². The molecule has 2 N–H and O–H groups in total. The van der Waals surface area contributed by atoms with Gasteiger partial charge in [0.15, 0.2) is 0 Å². The zero-order valence-electron chi connectivity index (χ0n) is 12.1. The number of hydrogen-bond acceptors (Lipinski definition) is 2. The number of nitrogens with zero attached hydrogens (tertiary/aromatic N) is 2. The number of carbonyl (C=O) groups is 1. The van der Waals surface area contributed by atoms with Crippen molar-refractivity contribution in [2.75, 3.05) is 0 Å². The standard InChI is InChI=1S/C16H18N4O/c1-3-20-10-6-9-14(20)16(21)17-11(2)15-18-12-7-4-5-8-13(12)19-15/h4-11H,3H2,1-2H3,(H,17,21)(H,18,19). The monoisotopic (exact) mass is 282 g/mol. The number of para-hydroxylation sites is 2. The van der Waals surface area contributed by atoms with Gasteiger partial charge >= 0.3 is 0 Å². The number of benzene rings is 1. The molecule has 2 heterocycles. The molecule has 3 rings (SSSR count).